The molecule has 10 heteroatoms. The second-order valence-electron chi connectivity index (χ2n) is 3.62. The molecule has 0 aliphatic carbocycles. The van der Waals surface area contributed by atoms with Crippen LogP contribution in [0, 0.1) is 3.57 Å². The number of aliphatic carboxylic acids is 1. The summed E-state index contributed by atoms with van der Waals surface area (Å²) in [7, 11) is 0. The van der Waals surface area contributed by atoms with Crippen molar-refractivity contribution in [3.63, 3.8) is 0 Å². The molecule has 0 aliphatic heterocycles. The summed E-state index contributed by atoms with van der Waals surface area (Å²) in [6.45, 7) is 0. The van der Waals surface area contributed by atoms with Gasteiger partial charge in [0.1, 0.15) is 0 Å². The van der Waals surface area contributed by atoms with Gasteiger partial charge in [-0.15, -0.1) is 0 Å². The van der Waals surface area contributed by atoms with Crippen molar-refractivity contribution in [2.45, 2.75) is 18.5 Å². The number of carboxylic acid groups (broad SMARTS) is 1. The molecular weight excluding hydrogens is 409 g/mol. The molecule has 112 valence electrons. The Labute approximate surface area is 121 Å². The highest BCUT2D eigenvalue weighted by atomic mass is 127. The first-order valence-corrected chi connectivity index (χ1v) is 5.83. The van der Waals surface area contributed by atoms with Crippen LogP contribution in [0.4, 0.5) is 26.3 Å². The van der Waals surface area contributed by atoms with Crippen molar-refractivity contribution in [1.29, 1.82) is 0 Å². The molecule has 0 bridgehead atoms. The first-order valence-electron chi connectivity index (χ1n) is 4.75. The molecule has 1 rings (SSSR count). The lowest BCUT2D eigenvalue weighted by atomic mass is 9.95. The molecule has 1 unspecified atom stereocenters. The van der Waals surface area contributed by atoms with Gasteiger partial charge >= 0.3 is 18.3 Å². The van der Waals surface area contributed by atoms with E-state index in [2.05, 4.69) is 0 Å². The van der Waals surface area contributed by atoms with E-state index in [1.54, 1.807) is 0 Å². The van der Waals surface area contributed by atoms with Gasteiger partial charge in [-0.1, -0.05) is 0 Å². The molecule has 1 aromatic carbocycles. The van der Waals surface area contributed by atoms with Gasteiger partial charge in [0.05, 0.1) is 11.1 Å². The van der Waals surface area contributed by atoms with Crippen LogP contribution in [0.1, 0.15) is 22.8 Å². The summed E-state index contributed by atoms with van der Waals surface area (Å²) in [4.78, 5) is 10.6. The number of benzene rings is 1. The number of alkyl halides is 6. The highest BCUT2D eigenvalue weighted by Gasteiger charge is 2.45. The minimum absolute atomic E-state index is 0.304. The van der Waals surface area contributed by atoms with E-state index in [4.69, 9.17) is 5.11 Å². The zero-order valence-corrected chi connectivity index (χ0v) is 11.3. The Morgan fingerprint density at radius 3 is 1.95 bits per heavy atom. The van der Waals surface area contributed by atoms with Crippen LogP contribution in [-0.4, -0.2) is 16.2 Å². The Hall–Kier alpha value is -1.04. The summed E-state index contributed by atoms with van der Waals surface area (Å²) in [5.74, 6) is -2.21. The topological polar surface area (TPSA) is 57.5 Å². The molecule has 0 saturated carbocycles. The third-order valence-corrected chi connectivity index (χ3v) is 3.19. The maximum atomic E-state index is 12.8. The van der Waals surface area contributed by atoms with Crippen LogP contribution in [0.5, 0.6) is 0 Å². The van der Waals surface area contributed by atoms with Crippen LogP contribution in [0.25, 0.3) is 0 Å². The summed E-state index contributed by atoms with van der Waals surface area (Å²) in [5, 5.41) is 17.7. The number of aliphatic hydroxyl groups excluding tert-OH is 1. The minimum atomic E-state index is -5.23. The average Bonchev–Trinajstić information content (AvgIpc) is 2.23. The SMILES string of the molecule is O=C(O)C(O)c1c(C(F)(F)F)ccc(I)c1C(F)(F)F. The quantitative estimate of drug-likeness (QED) is 0.576. The van der Waals surface area contributed by atoms with Gasteiger partial charge in [-0.05, 0) is 34.7 Å². The molecule has 20 heavy (non-hydrogen) atoms. The van der Waals surface area contributed by atoms with Crippen LogP contribution in [0.3, 0.4) is 0 Å². The molecule has 0 heterocycles. The summed E-state index contributed by atoms with van der Waals surface area (Å²) in [6.07, 6.45) is -13.4. The van der Waals surface area contributed by atoms with E-state index in [0.717, 1.165) is 22.6 Å². The molecule has 0 radical (unpaired) electrons. The maximum absolute atomic E-state index is 12.8. The van der Waals surface area contributed by atoms with E-state index in [-0.39, 0.29) is 0 Å². The first-order chi connectivity index (χ1) is 8.87. The summed E-state index contributed by atoms with van der Waals surface area (Å²) in [5.41, 5.74) is -5.34. The second-order valence-corrected chi connectivity index (χ2v) is 4.78. The van der Waals surface area contributed by atoms with Crippen molar-refractivity contribution in [3.8, 4) is 0 Å². The first kappa shape index (κ1) is 17.0. The van der Waals surface area contributed by atoms with Gasteiger partial charge in [0.2, 0.25) is 0 Å². The number of rotatable bonds is 2. The molecule has 1 atom stereocenters. The molecule has 3 nitrogen and oxygen atoms in total. The number of carboxylic acids is 1. The number of aliphatic hydroxyl groups is 1. The lowest BCUT2D eigenvalue weighted by Crippen LogP contribution is -2.24. The monoisotopic (exact) mass is 414 g/mol. The smallest absolute Gasteiger partial charge is 0.417 e. The van der Waals surface area contributed by atoms with Gasteiger partial charge in [-0.3, -0.25) is 0 Å². The van der Waals surface area contributed by atoms with Crippen molar-refractivity contribution in [2.24, 2.45) is 0 Å². The number of hydrogen-bond donors (Lipinski definition) is 2. The molecule has 0 aromatic heterocycles. The van der Waals surface area contributed by atoms with Gasteiger partial charge < -0.3 is 10.2 Å². The molecule has 0 aliphatic rings. The second kappa shape index (κ2) is 5.39. The van der Waals surface area contributed by atoms with Gasteiger partial charge in [-0.2, -0.15) is 26.3 Å². The molecule has 0 saturated heterocycles. The van der Waals surface area contributed by atoms with E-state index in [1.165, 1.54) is 0 Å². The molecule has 0 fully saturated rings. The fourth-order valence-electron chi connectivity index (χ4n) is 1.54. The predicted octanol–water partition coefficient (Wildman–Crippen LogP) is 3.45. The minimum Gasteiger partial charge on any atom is -0.479 e. The van der Waals surface area contributed by atoms with Crippen LogP contribution in [0.15, 0.2) is 12.1 Å². The number of halogens is 7. The fourth-order valence-corrected chi connectivity index (χ4v) is 2.31. The molecule has 1 aromatic rings. The van der Waals surface area contributed by atoms with Crippen LogP contribution >= 0.6 is 22.6 Å². The van der Waals surface area contributed by atoms with E-state index >= 15 is 0 Å². The summed E-state index contributed by atoms with van der Waals surface area (Å²) < 4.78 is 75.9. The van der Waals surface area contributed by atoms with Crippen molar-refractivity contribution >= 4 is 28.6 Å². The van der Waals surface area contributed by atoms with Crippen LogP contribution < -0.4 is 0 Å². The normalized spacial score (nSPS) is 14.2. The summed E-state index contributed by atoms with van der Waals surface area (Å²) >= 11 is 1.12. The Morgan fingerprint density at radius 2 is 1.60 bits per heavy atom. The summed E-state index contributed by atoms with van der Waals surface area (Å²) in [6, 6.07) is 0.864. The van der Waals surface area contributed by atoms with E-state index < -0.39 is 44.7 Å². The highest BCUT2D eigenvalue weighted by Crippen LogP contribution is 2.44. The lowest BCUT2D eigenvalue weighted by molar-refractivity contribution is -0.153. The fraction of sp³-hybridized carbons (Fsp3) is 0.300. The zero-order chi connectivity index (χ0) is 15.9. The Morgan fingerprint density at radius 1 is 1.10 bits per heavy atom. The van der Waals surface area contributed by atoms with Crippen molar-refractivity contribution < 1.29 is 41.4 Å². The van der Waals surface area contributed by atoms with E-state index in [9.17, 15) is 36.2 Å². The van der Waals surface area contributed by atoms with Crippen molar-refractivity contribution in [3.05, 3.63) is 32.4 Å². The largest absolute Gasteiger partial charge is 0.479 e. The molecule has 2 N–H and O–H groups in total. The number of hydrogen-bond acceptors (Lipinski definition) is 2. The Kier molecular flexibility index (Phi) is 4.58. The van der Waals surface area contributed by atoms with Gasteiger partial charge in [-0.25, -0.2) is 4.79 Å². The van der Waals surface area contributed by atoms with Crippen LogP contribution in [-0.2, 0) is 17.1 Å². The number of carbonyl (C=O) groups is 1. The maximum Gasteiger partial charge on any atom is 0.417 e. The third-order valence-electron chi connectivity index (χ3n) is 2.29. The standard InChI is InChI=1S/C10H5F6IO3/c11-9(12,13)3-1-2-4(17)6(10(14,15)16)5(3)7(18)8(19)20/h1-2,7,18H,(H,19,20). The molecule has 0 spiro atoms. The Balaban J connectivity index is 3.79. The van der Waals surface area contributed by atoms with Gasteiger partial charge in [0.15, 0.2) is 6.10 Å². The van der Waals surface area contributed by atoms with Gasteiger partial charge in [0, 0.05) is 9.13 Å². The van der Waals surface area contributed by atoms with Gasteiger partial charge in [0.25, 0.3) is 0 Å². The molecule has 0 amide bonds. The zero-order valence-electron chi connectivity index (χ0n) is 9.18. The van der Waals surface area contributed by atoms with Crippen molar-refractivity contribution in [2.75, 3.05) is 0 Å². The Bertz CT molecular complexity index is 537. The van der Waals surface area contributed by atoms with Crippen molar-refractivity contribution in [1.82, 2.24) is 0 Å². The van der Waals surface area contributed by atoms with Crippen LogP contribution in [0.2, 0.25) is 0 Å². The lowest BCUT2D eigenvalue weighted by Gasteiger charge is -2.21. The van der Waals surface area contributed by atoms with E-state index in [0.29, 0.717) is 12.1 Å². The highest BCUT2D eigenvalue weighted by molar-refractivity contribution is 14.1. The average molecular weight is 414 g/mol. The predicted molar refractivity (Wildman–Crippen MR) is 61.8 cm³/mol. The molecular formula is C10H5F6IO3. The third kappa shape index (κ3) is 3.34. The van der Waals surface area contributed by atoms with E-state index in [1.807, 2.05) is 0 Å².